The minimum Gasteiger partial charge on any atom is -0.382 e. The van der Waals surface area contributed by atoms with E-state index in [-0.39, 0.29) is 6.04 Å². The Bertz CT molecular complexity index is 364. The fourth-order valence-corrected chi connectivity index (χ4v) is 2.99. The molecule has 2 heteroatoms. The first-order chi connectivity index (χ1) is 8.83. The highest BCUT2D eigenvalue weighted by Gasteiger charge is 2.23. The topological polar surface area (TPSA) is 35.2 Å². The summed E-state index contributed by atoms with van der Waals surface area (Å²) < 4.78 is 5.42. The van der Waals surface area contributed by atoms with Crippen LogP contribution in [0, 0.1) is 5.92 Å². The van der Waals surface area contributed by atoms with Gasteiger partial charge in [-0.25, -0.2) is 0 Å². The first-order valence-electron chi connectivity index (χ1n) is 7.24. The average Bonchev–Trinajstić information content (AvgIpc) is 2.56. The van der Waals surface area contributed by atoms with Crippen molar-refractivity contribution in [1.82, 2.24) is 0 Å². The first kappa shape index (κ1) is 13.6. The van der Waals surface area contributed by atoms with Crippen LogP contribution in [0.2, 0.25) is 0 Å². The van der Waals surface area contributed by atoms with E-state index < -0.39 is 0 Å². The minimum absolute atomic E-state index is 0.213. The number of benzene rings is 1. The zero-order valence-corrected chi connectivity index (χ0v) is 11.4. The van der Waals surface area contributed by atoms with Gasteiger partial charge in [-0.3, -0.25) is 0 Å². The highest BCUT2D eigenvalue weighted by Crippen LogP contribution is 2.33. The van der Waals surface area contributed by atoms with E-state index >= 15 is 0 Å². The van der Waals surface area contributed by atoms with Crippen LogP contribution in [0.5, 0.6) is 0 Å². The van der Waals surface area contributed by atoms with Crippen molar-refractivity contribution in [2.24, 2.45) is 11.7 Å². The lowest BCUT2D eigenvalue weighted by atomic mass is 9.88. The molecule has 2 nitrogen and oxygen atoms in total. The van der Waals surface area contributed by atoms with Crippen molar-refractivity contribution in [3.05, 3.63) is 35.4 Å². The number of hydrogen-bond acceptors (Lipinski definition) is 2. The quantitative estimate of drug-likeness (QED) is 0.639. The Hall–Kier alpha value is -0.860. The van der Waals surface area contributed by atoms with Gasteiger partial charge in [0.25, 0.3) is 0 Å². The summed E-state index contributed by atoms with van der Waals surface area (Å²) in [7, 11) is 0. The molecule has 2 unspecified atom stereocenters. The Balaban J connectivity index is 1.97. The summed E-state index contributed by atoms with van der Waals surface area (Å²) in [6, 6.07) is 8.89. The number of rotatable bonds is 5. The molecule has 1 aromatic carbocycles. The lowest BCUT2D eigenvalue weighted by molar-refractivity contribution is 0.137. The van der Waals surface area contributed by atoms with Crippen molar-refractivity contribution in [2.75, 3.05) is 13.2 Å². The Labute approximate surface area is 111 Å². The van der Waals surface area contributed by atoms with E-state index in [1.165, 1.54) is 36.8 Å². The highest BCUT2D eigenvalue weighted by atomic mass is 16.5. The summed E-state index contributed by atoms with van der Waals surface area (Å²) in [6.45, 7) is 3.74. The predicted octanol–water partition coefficient (Wildman–Crippen LogP) is 3.46. The van der Waals surface area contributed by atoms with Gasteiger partial charge in [0.05, 0.1) is 0 Å². The van der Waals surface area contributed by atoms with Gasteiger partial charge in [0, 0.05) is 19.3 Å². The van der Waals surface area contributed by atoms with Crippen LogP contribution in [0.3, 0.4) is 0 Å². The molecule has 18 heavy (non-hydrogen) atoms. The normalized spacial score (nSPS) is 23.4. The lowest BCUT2D eigenvalue weighted by Crippen LogP contribution is -2.21. The van der Waals surface area contributed by atoms with Gasteiger partial charge >= 0.3 is 0 Å². The van der Waals surface area contributed by atoms with Gasteiger partial charge < -0.3 is 10.5 Å². The smallest absolute Gasteiger partial charge is 0.0466 e. The molecule has 0 bridgehead atoms. The van der Waals surface area contributed by atoms with Crippen LogP contribution in [0.1, 0.15) is 49.8 Å². The van der Waals surface area contributed by atoms with E-state index in [2.05, 4.69) is 24.3 Å². The van der Waals surface area contributed by atoms with Gasteiger partial charge in [-0.2, -0.15) is 0 Å². The van der Waals surface area contributed by atoms with E-state index in [0.717, 1.165) is 19.6 Å². The van der Waals surface area contributed by atoms with Gasteiger partial charge in [-0.1, -0.05) is 24.3 Å². The van der Waals surface area contributed by atoms with Crippen LogP contribution in [-0.4, -0.2) is 13.2 Å². The second-order valence-corrected chi connectivity index (χ2v) is 5.22. The summed E-state index contributed by atoms with van der Waals surface area (Å²) >= 11 is 0. The molecule has 1 aromatic rings. The molecular formula is C16H25NO. The monoisotopic (exact) mass is 247 g/mol. The van der Waals surface area contributed by atoms with Crippen LogP contribution in [0.4, 0.5) is 0 Å². The molecule has 0 saturated heterocycles. The molecule has 0 saturated carbocycles. The third kappa shape index (κ3) is 3.33. The SMILES string of the molecule is CCOCCCC1CCCc2ccccc2C1N. The first-order valence-corrected chi connectivity index (χ1v) is 7.24. The van der Waals surface area contributed by atoms with Crippen LogP contribution in [0.25, 0.3) is 0 Å². The number of nitrogens with two attached hydrogens (primary N) is 1. The van der Waals surface area contributed by atoms with Gasteiger partial charge in [0.2, 0.25) is 0 Å². The molecule has 0 radical (unpaired) electrons. The standard InChI is InChI=1S/C16H25NO/c1-2-18-12-6-10-14-9-5-8-13-7-3-4-11-15(13)16(14)17/h3-4,7,11,14,16H,2,5-6,8-10,12,17H2,1H3. The summed E-state index contributed by atoms with van der Waals surface area (Å²) in [5.74, 6) is 0.620. The van der Waals surface area contributed by atoms with Crippen molar-refractivity contribution in [1.29, 1.82) is 0 Å². The fourth-order valence-electron chi connectivity index (χ4n) is 2.99. The number of fused-ring (bicyclic) bond motifs is 1. The summed E-state index contributed by atoms with van der Waals surface area (Å²) in [6.07, 6.45) is 6.03. The van der Waals surface area contributed by atoms with Crippen LogP contribution < -0.4 is 5.73 Å². The minimum atomic E-state index is 0.213. The Morgan fingerprint density at radius 2 is 2.17 bits per heavy atom. The third-order valence-corrected chi connectivity index (χ3v) is 4.01. The summed E-state index contributed by atoms with van der Waals surface area (Å²) in [5, 5.41) is 0. The maximum atomic E-state index is 6.46. The van der Waals surface area contributed by atoms with Crippen LogP contribution >= 0.6 is 0 Å². The van der Waals surface area contributed by atoms with E-state index in [0.29, 0.717) is 5.92 Å². The molecule has 1 aliphatic carbocycles. The van der Waals surface area contributed by atoms with E-state index in [1.807, 2.05) is 6.92 Å². The maximum Gasteiger partial charge on any atom is 0.0466 e. The molecular weight excluding hydrogens is 222 g/mol. The van der Waals surface area contributed by atoms with E-state index in [1.54, 1.807) is 0 Å². The van der Waals surface area contributed by atoms with Gasteiger partial charge in [0.1, 0.15) is 0 Å². The van der Waals surface area contributed by atoms with Gasteiger partial charge in [-0.15, -0.1) is 0 Å². The number of hydrogen-bond donors (Lipinski definition) is 1. The average molecular weight is 247 g/mol. The van der Waals surface area contributed by atoms with Crippen molar-refractivity contribution < 1.29 is 4.74 Å². The molecule has 100 valence electrons. The largest absolute Gasteiger partial charge is 0.382 e. The fraction of sp³-hybridized carbons (Fsp3) is 0.625. The molecule has 2 atom stereocenters. The van der Waals surface area contributed by atoms with Crippen molar-refractivity contribution >= 4 is 0 Å². The Kier molecular flexibility index (Phi) is 5.21. The van der Waals surface area contributed by atoms with Gasteiger partial charge in [-0.05, 0) is 56.1 Å². The highest BCUT2D eigenvalue weighted by molar-refractivity contribution is 5.31. The predicted molar refractivity (Wildman–Crippen MR) is 75.5 cm³/mol. The molecule has 0 heterocycles. The van der Waals surface area contributed by atoms with Crippen molar-refractivity contribution in [2.45, 2.75) is 45.1 Å². The van der Waals surface area contributed by atoms with E-state index in [9.17, 15) is 0 Å². The third-order valence-electron chi connectivity index (χ3n) is 4.01. The Morgan fingerprint density at radius 3 is 3.00 bits per heavy atom. The molecule has 1 aliphatic rings. The maximum absolute atomic E-state index is 6.46. The molecule has 0 amide bonds. The zero-order chi connectivity index (χ0) is 12.8. The molecule has 2 rings (SSSR count). The zero-order valence-electron chi connectivity index (χ0n) is 11.4. The van der Waals surface area contributed by atoms with Crippen molar-refractivity contribution in [3.63, 3.8) is 0 Å². The molecule has 0 spiro atoms. The van der Waals surface area contributed by atoms with Crippen molar-refractivity contribution in [3.8, 4) is 0 Å². The second kappa shape index (κ2) is 6.91. The van der Waals surface area contributed by atoms with E-state index in [4.69, 9.17) is 10.5 Å². The van der Waals surface area contributed by atoms with Gasteiger partial charge in [0.15, 0.2) is 0 Å². The van der Waals surface area contributed by atoms with Crippen LogP contribution in [-0.2, 0) is 11.2 Å². The molecule has 0 aliphatic heterocycles. The number of aryl methyl sites for hydroxylation is 1. The lowest BCUT2D eigenvalue weighted by Gasteiger charge is -2.23. The second-order valence-electron chi connectivity index (χ2n) is 5.22. The van der Waals surface area contributed by atoms with Crippen LogP contribution in [0.15, 0.2) is 24.3 Å². The summed E-state index contributed by atoms with van der Waals surface area (Å²) in [5.41, 5.74) is 9.29. The molecule has 0 aromatic heterocycles. The molecule has 2 N–H and O–H groups in total. The molecule has 0 fully saturated rings. The summed E-state index contributed by atoms with van der Waals surface area (Å²) in [4.78, 5) is 0. The Morgan fingerprint density at radius 1 is 1.33 bits per heavy atom. The number of ether oxygens (including phenoxy) is 1.